The van der Waals surface area contributed by atoms with Gasteiger partial charge in [0.1, 0.15) is 6.10 Å². The molecule has 0 bridgehead atoms. The van der Waals surface area contributed by atoms with E-state index < -0.39 is 18.2 Å². The number of aliphatic hydroxyl groups excluding tert-OH is 2. The van der Waals surface area contributed by atoms with Gasteiger partial charge in [-0.25, -0.2) is 0 Å². The van der Waals surface area contributed by atoms with Crippen molar-refractivity contribution in [3.05, 3.63) is 36.5 Å². The molecular weight excluding hydrogens is 767 g/mol. The molecule has 0 aromatic carbocycles. The van der Waals surface area contributed by atoms with Crippen LogP contribution >= 0.6 is 0 Å². The van der Waals surface area contributed by atoms with E-state index in [1.807, 2.05) is 0 Å². The van der Waals surface area contributed by atoms with Crippen molar-refractivity contribution in [3.63, 3.8) is 0 Å². The molecule has 364 valence electrons. The van der Waals surface area contributed by atoms with Crippen LogP contribution in [-0.2, 0) is 14.3 Å². The molecule has 0 aliphatic rings. The first-order valence-corrected chi connectivity index (χ1v) is 27.2. The van der Waals surface area contributed by atoms with Crippen molar-refractivity contribution in [1.29, 1.82) is 0 Å². The van der Waals surface area contributed by atoms with E-state index in [9.17, 15) is 19.8 Å². The first-order chi connectivity index (χ1) is 30.5. The lowest BCUT2D eigenvalue weighted by Gasteiger charge is -2.24. The van der Waals surface area contributed by atoms with E-state index in [1.54, 1.807) is 0 Å². The molecule has 6 nitrogen and oxygen atoms in total. The second-order valence-corrected chi connectivity index (χ2v) is 18.7. The van der Waals surface area contributed by atoms with Crippen molar-refractivity contribution in [3.8, 4) is 0 Å². The molecule has 3 atom stereocenters. The summed E-state index contributed by atoms with van der Waals surface area (Å²) < 4.78 is 5.94. The monoisotopic (exact) mass is 872 g/mol. The summed E-state index contributed by atoms with van der Waals surface area (Å²) in [7, 11) is 0. The quantitative estimate of drug-likeness (QED) is 0.0321. The lowest BCUT2D eigenvalue weighted by molar-refractivity contribution is -0.151. The average Bonchev–Trinajstić information content (AvgIpc) is 3.26. The molecular formula is C56H105NO5. The summed E-state index contributed by atoms with van der Waals surface area (Å²) in [5, 5.41) is 23.8. The minimum atomic E-state index is -0.787. The molecule has 0 saturated heterocycles. The predicted molar refractivity (Wildman–Crippen MR) is 269 cm³/mol. The SMILES string of the molecule is CC/C=C/C=C/C=C/CCCCCCCCCC(=O)OC(CCCCCCCCCCCCCC)CC(=O)NC(CO)C(O)CCCCCCCCCCCCCCCCCC. The summed E-state index contributed by atoms with van der Waals surface area (Å²) in [6.07, 6.45) is 59.2. The second kappa shape index (κ2) is 50.1. The zero-order valence-corrected chi connectivity index (χ0v) is 41.5. The maximum absolute atomic E-state index is 13.2. The van der Waals surface area contributed by atoms with Crippen molar-refractivity contribution in [2.75, 3.05) is 6.61 Å². The van der Waals surface area contributed by atoms with Crippen molar-refractivity contribution < 1.29 is 24.5 Å². The van der Waals surface area contributed by atoms with E-state index in [2.05, 4.69) is 62.5 Å². The van der Waals surface area contributed by atoms with Crippen LogP contribution in [-0.4, -0.2) is 46.9 Å². The molecule has 3 unspecified atom stereocenters. The van der Waals surface area contributed by atoms with Crippen LogP contribution in [0, 0.1) is 0 Å². The summed E-state index contributed by atoms with van der Waals surface area (Å²) in [5.74, 6) is -0.474. The van der Waals surface area contributed by atoms with Crippen molar-refractivity contribution in [2.45, 2.75) is 302 Å². The van der Waals surface area contributed by atoms with Gasteiger partial charge in [0.05, 0.1) is 25.2 Å². The highest BCUT2D eigenvalue weighted by molar-refractivity contribution is 5.77. The molecule has 1 amide bonds. The van der Waals surface area contributed by atoms with Crippen molar-refractivity contribution in [1.82, 2.24) is 5.32 Å². The van der Waals surface area contributed by atoms with Gasteiger partial charge in [-0.05, 0) is 44.9 Å². The Balaban J connectivity index is 4.50. The van der Waals surface area contributed by atoms with Gasteiger partial charge in [-0.1, -0.05) is 263 Å². The lowest BCUT2D eigenvalue weighted by Crippen LogP contribution is -2.46. The van der Waals surface area contributed by atoms with Crippen molar-refractivity contribution in [2.24, 2.45) is 0 Å². The molecule has 0 heterocycles. The summed E-state index contributed by atoms with van der Waals surface area (Å²) in [4.78, 5) is 26.2. The van der Waals surface area contributed by atoms with E-state index >= 15 is 0 Å². The highest BCUT2D eigenvalue weighted by atomic mass is 16.5. The van der Waals surface area contributed by atoms with Gasteiger partial charge < -0.3 is 20.3 Å². The molecule has 0 aliphatic heterocycles. The van der Waals surface area contributed by atoms with E-state index in [0.717, 1.165) is 57.8 Å². The molecule has 0 fully saturated rings. The van der Waals surface area contributed by atoms with Gasteiger partial charge >= 0.3 is 5.97 Å². The third-order valence-corrected chi connectivity index (χ3v) is 12.5. The molecule has 0 aromatic heterocycles. The highest BCUT2D eigenvalue weighted by Crippen LogP contribution is 2.19. The maximum Gasteiger partial charge on any atom is 0.306 e. The number of carbonyl (C=O) groups is 2. The number of allylic oxidation sites excluding steroid dienone is 6. The first kappa shape index (κ1) is 60.1. The molecule has 0 rings (SSSR count). The number of hydrogen-bond donors (Lipinski definition) is 3. The number of unbranched alkanes of at least 4 members (excludes halogenated alkanes) is 33. The molecule has 62 heavy (non-hydrogen) atoms. The molecule has 0 saturated carbocycles. The summed E-state index contributed by atoms with van der Waals surface area (Å²) in [6, 6.07) is -0.701. The third-order valence-electron chi connectivity index (χ3n) is 12.5. The first-order valence-electron chi connectivity index (χ1n) is 27.2. The Labute approximate surface area is 385 Å². The minimum absolute atomic E-state index is 0.0768. The number of esters is 1. The van der Waals surface area contributed by atoms with Gasteiger partial charge in [0.2, 0.25) is 5.91 Å². The topological polar surface area (TPSA) is 95.9 Å². The van der Waals surface area contributed by atoms with Crippen LogP contribution < -0.4 is 5.32 Å². The molecule has 0 radical (unpaired) electrons. The van der Waals surface area contributed by atoms with Gasteiger partial charge in [0.25, 0.3) is 0 Å². The number of ether oxygens (including phenoxy) is 1. The van der Waals surface area contributed by atoms with Crippen LogP contribution in [0.4, 0.5) is 0 Å². The van der Waals surface area contributed by atoms with Gasteiger partial charge in [-0.2, -0.15) is 0 Å². The summed E-state index contributed by atoms with van der Waals surface area (Å²) in [5.41, 5.74) is 0. The number of carbonyl (C=O) groups excluding carboxylic acids is 2. The summed E-state index contributed by atoms with van der Waals surface area (Å²) in [6.45, 7) is 6.38. The zero-order chi connectivity index (χ0) is 45.2. The molecule has 0 aliphatic carbocycles. The number of aliphatic hydroxyl groups is 2. The molecule has 6 heteroatoms. The normalized spacial score (nSPS) is 13.4. The van der Waals surface area contributed by atoms with Crippen LogP contribution in [0.25, 0.3) is 0 Å². The molecule has 0 spiro atoms. The minimum Gasteiger partial charge on any atom is -0.462 e. The van der Waals surface area contributed by atoms with E-state index in [0.29, 0.717) is 19.3 Å². The van der Waals surface area contributed by atoms with Crippen LogP contribution in [0.2, 0.25) is 0 Å². The standard InChI is InChI=1S/C56H105NO5/c1-4-7-10-13-16-19-22-25-27-29-30-33-36-39-42-45-48-54(59)53(51-58)57-55(60)50-52(47-44-41-38-35-32-24-21-18-15-12-9-6-3)62-56(61)49-46-43-40-37-34-31-28-26-23-20-17-14-11-8-5-2/h8,11,14,17,20,23,52-54,58-59H,4-7,9-10,12-13,15-16,18-19,21-22,24-51H2,1-3H3,(H,57,60)/b11-8+,17-14+,23-20+. The Morgan fingerprint density at radius 1 is 0.484 bits per heavy atom. The largest absolute Gasteiger partial charge is 0.462 e. The van der Waals surface area contributed by atoms with E-state index in [4.69, 9.17) is 4.74 Å². The van der Waals surface area contributed by atoms with E-state index in [1.165, 1.54) is 180 Å². The second-order valence-electron chi connectivity index (χ2n) is 18.7. The number of nitrogens with one attached hydrogen (secondary N) is 1. The fourth-order valence-corrected chi connectivity index (χ4v) is 8.43. The van der Waals surface area contributed by atoms with Crippen LogP contribution in [0.15, 0.2) is 36.5 Å². The lowest BCUT2D eigenvalue weighted by atomic mass is 10.0. The number of hydrogen-bond acceptors (Lipinski definition) is 5. The van der Waals surface area contributed by atoms with Crippen LogP contribution in [0.5, 0.6) is 0 Å². The van der Waals surface area contributed by atoms with Gasteiger partial charge in [-0.3, -0.25) is 9.59 Å². The van der Waals surface area contributed by atoms with Gasteiger partial charge in [-0.15, -0.1) is 0 Å². The smallest absolute Gasteiger partial charge is 0.306 e. The third kappa shape index (κ3) is 44.7. The fraction of sp³-hybridized carbons (Fsp3) is 0.857. The predicted octanol–water partition coefficient (Wildman–Crippen LogP) is 16.5. The van der Waals surface area contributed by atoms with Gasteiger partial charge in [0.15, 0.2) is 0 Å². The van der Waals surface area contributed by atoms with Crippen LogP contribution in [0.1, 0.15) is 284 Å². The molecule has 0 aromatic rings. The fourth-order valence-electron chi connectivity index (χ4n) is 8.43. The highest BCUT2D eigenvalue weighted by Gasteiger charge is 2.24. The maximum atomic E-state index is 13.2. The van der Waals surface area contributed by atoms with Gasteiger partial charge in [0, 0.05) is 6.42 Å². The summed E-state index contributed by atoms with van der Waals surface area (Å²) >= 11 is 0. The average molecular weight is 872 g/mol. The zero-order valence-electron chi connectivity index (χ0n) is 41.5. The van der Waals surface area contributed by atoms with Crippen molar-refractivity contribution >= 4 is 11.9 Å². The molecule has 3 N–H and O–H groups in total. The number of rotatable bonds is 49. The Hall–Kier alpha value is -1.92. The van der Waals surface area contributed by atoms with E-state index in [-0.39, 0.29) is 24.9 Å². The Morgan fingerprint density at radius 2 is 0.871 bits per heavy atom. The number of amides is 1. The Kier molecular flexibility index (Phi) is 48.5. The van der Waals surface area contributed by atoms with Crippen LogP contribution in [0.3, 0.4) is 0 Å². The Bertz CT molecular complexity index is 1020. The Morgan fingerprint density at radius 3 is 1.31 bits per heavy atom.